The highest BCUT2D eigenvalue weighted by Gasteiger charge is 2.08. The van der Waals surface area contributed by atoms with E-state index < -0.39 is 0 Å². The van der Waals surface area contributed by atoms with Crippen LogP contribution in [0.4, 0.5) is 5.69 Å². The van der Waals surface area contributed by atoms with Crippen molar-refractivity contribution in [2.24, 2.45) is 0 Å². The molecule has 0 aliphatic heterocycles. The Bertz CT molecular complexity index is 733. The number of aromatic nitrogens is 1. The zero-order chi connectivity index (χ0) is 14.7. The van der Waals surface area contributed by atoms with Crippen molar-refractivity contribution in [1.82, 2.24) is 4.98 Å². The summed E-state index contributed by atoms with van der Waals surface area (Å²) in [6.45, 7) is 0. The topological polar surface area (TPSA) is 16.1 Å². The molecule has 3 rings (SSSR count). The van der Waals surface area contributed by atoms with Crippen LogP contribution in [-0.2, 0) is 0 Å². The van der Waals surface area contributed by atoms with Gasteiger partial charge in [0.1, 0.15) is 0 Å². The van der Waals surface area contributed by atoms with Gasteiger partial charge in [-0.1, -0.05) is 42.5 Å². The minimum absolute atomic E-state index is 1.00. The first-order valence-electron chi connectivity index (χ1n) is 7.04. The van der Waals surface area contributed by atoms with Crippen LogP contribution in [0.3, 0.4) is 0 Å². The van der Waals surface area contributed by atoms with Crippen LogP contribution in [0.25, 0.3) is 22.4 Å². The van der Waals surface area contributed by atoms with Crippen LogP contribution in [0.2, 0.25) is 0 Å². The summed E-state index contributed by atoms with van der Waals surface area (Å²) >= 11 is 0. The van der Waals surface area contributed by atoms with Crippen molar-refractivity contribution in [1.29, 1.82) is 0 Å². The molecule has 0 saturated heterocycles. The first-order chi connectivity index (χ1) is 10.3. The van der Waals surface area contributed by atoms with E-state index >= 15 is 0 Å². The maximum atomic E-state index is 4.48. The summed E-state index contributed by atoms with van der Waals surface area (Å²) in [5.74, 6) is 0. The molecule has 2 aromatic carbocycles. The Morgan fingerprint density at radius 2 is 1.52 bits per heavy atom. The summed E-state index contributed by atoms with van der Waals surface area (Å²) < 4.78 is 0. The molecule has 0 aliphatic rings. The van der Waals surface area contributed by atoms with Crippen LogP contribution >= 0.6 is 0 Å². The summed E-state index contributed by atoms with van der Waals surface area (Å²) in [6, 6.07) is 23.0. The Morgan fingerprint density at radius 1 is 0.762 bits per heavy atom. The lowest BCUT2D eigenvalue weighted by molar-refractivity contribution is 1.13. The molecule has 3 aromatic rings. The van der Waals surface area contributed by atoms with Crippen LogP contribution in [0.1, 0.15) is 0 Å². The Morgan fingerprint density at radius 3 is 2.24 bits per heavy atom. The maximum absolute atomic E-state index is 4.48. The molecule has 0 aliphatic carbocycles. The molecule has 0 bridgehead atoms. The predicted molar refractivity (Wildman–Crippen MR) is 89.4 cm³/mol. The van der Waals surface area contributed by atoms with Gasteiger partial charge >= 0.3 is 0 Å². The van der Waals surface area contributed by atoms with Crippen LogP contribution < -0.4 is 4.90 Å². The average Bonchev–Trinajstić information content (AvgIpc) is 2.56. The number of hydrogen-bond acceptors (Lipinski definition) is 2. The smallest absolute Gasteiger partial charge is 0.0708 e. The second-order valence-corrected chi connectivity index (χ2v) is 5.21. The number of benzene rings is 2. The van der Waals surface area contributed by atoms with Gasteiger partial charge in [0.05, 0.1) is 5.69 Å². The number of rotatable bonds is 3. The van der Waals surface area contributed by atoms with Crippen LogP contribution in [0, 0.1) is 0 Å². The first-order valence-corrected chi connectivity index (χ1v) is 7.04. The molecule has 0 fully saturated rings. The molecule has 21 heavy (non-hydrogen) atoms. The van der Waals surface area contributed by atoms with E-state index in [0.29, 0.717) is 0 Å². The average molecular weight is 274 g/mol. The van der Waals surface area contributed by atoms with Crippen LogP contribution in [-0.4, -0.2) is 19.1 Å². The molecule has 0 N–H and O–H groups in total. The van der Waals surface area contributed by atoms with Crippen molar-refractivity contribution in [2.45, 2.75) is 0 Å². The van der Waals surface area contributed by atoms with Gasteiger partial charge in [0.15, 0.2) is 0 Å². The summed E-state index contributed by atoms with van der Waals surface area (Å²) in [4.78, 5) is 6.60. The molecule has 1 heterocycles. The summed E-state index contributed by atoms with van der Waals surface area (Å²) in [5, 5.41) is 0. The van der Waals surface area contributed by atoms with E-state index in [9.17, 15) is 0 Å². The molecule has 2 nitrogen and oxygen atoms in total. The minimum atomic E-state index is 1.00. The van der Waals surface area contributed by atoms with Crippen LogP contribution in [0.15, 0.2) is 72.9 Å². The lowest BCUT2D eigenvalue weighted by Gasteiger charge is -2.15. The summed E-state index contributed by atoms with van der Waals surface area (Å²) in [5.41, 5.74) is 5.78. The quantitative estimate of drug-likeness (QED) is 0.700. The van der Waals surface area contributed by atoms with E-state index in [1.54, 1.807) is 0 Å². The third-order valence-electron chi connectivity index (χ3n) is 3.54. The van der Waals surface area contributed by atoms with E-state index in [2.05, 4.69) is 78.6 Å². The molecule has 2 heteroatoms. The Labute approximate surface area is 125 Å². The Kier molecular flexibility index (Phi) is 3.69. The van der Waals surface area contributed by atoms with E-state index in [1.807, 2.05) is 18.3 Å². The molecular weight excluding hydrogens is 256 g/mol. The molecule has 0 saturated carbocycles. The molecule has 0 amide bonds. The van der Waals surface area contributed by atoms with E-state index in [4.69, 9.17) is 0 Å². The fourth-order valence-corrected chi connectivity index (χ4v) is 2.43. The zero-order valence-corrected chi connectivity index (χ0v) is 12.3. The number of nitrogens with zero attached hydrogens (tertiary/aromatic N) is 2. The predicted octanol–water partition coefficient (Wildman–Crippen LogP) is 4.48. The van der Waals surface area contributed by atoms with Gasteiger partial charge in [0, 0.05) is 31.5 Å². The molecule has 104 valence electrons. The third-order valence-corrected chi connectivity index (χ3v) is 3.54. The van der Waals surface area contributed by atoms with Crippen molar-refractivity contribution in [3.8, 4) is 22.4 Å². The second-order valence-electron chi connectivity index (χ2n) is 5.21. The zero-order valence-electron chi connectivity index (χ0n) is 12.3. The first kappa shape index (κ1) is 13.4. The summed E-state index contributed by atoms with van der Waals surface area (Å²) in [6.07, 6.45) is 1.84. The fourth-order valence-electron chi connectivity index (χ4n) is 2.43. The highest BCUT2D eigenvalue weighted by molar-refractivity contribution is 5.83. The van der Waals surface area contributed by atoms with Gasteiger partial charge < -0.3 is 4.90 Å². The lowest BCUT2D eigenvalue weighted by atomic mass is 9.97. The van der Waals surface area contributed by atoms with Gasteiger partial charge in [-0.05, 0) is 35.4 Å². The number of anilines is 1. The van der Waals surface area contributed by atoms with E-state index in [1.165, 1.54) is 16.8 Å². The normalized spacial score (nSPS) is 10.4. The van der Waals surface area contributed by atoms with Gasteiger partial charge in [-0.25, -0.2) is 0 Å². The monoisotopic (exact) mass is 274 g/mol. The highest BCUT2D eigenvalue weighted by Crippen LogP contribution is 2.32. The third kappa shape index (κ3) is 2.79. The van der Waals surface area contributed by atoms with Crippen molar-refractivity contribution >= 4 is 5.69 Å². The second kappa shape index (κ2) is 5.80. The van der Waals surface area contributed by atoms with Gasteiger partial charge in [0.2, 0.25) is 0 Å². The molecule has 0 atom stereocenters. The SMILES string of the molecule is CN(C)c1cccc(-c2ccccc2-c2ccccn2)c1. The minimum Gasteiger partial charge on any atom is -0.378 e. The van der Waals surface area contributed by atoms with Crippen molar-refractivity contribution in [2.75, 3.05) is 19.0 Å². The molecule has 0 unspecified atom stereocenters. The largest absolute Gasteiger partial charge is 0.378 e. The number of pyridine rings is 1. The van der Waals surface area contributed by atoms with Crippen molar-refractivity contribution in [3.05, 3.63) is 72.9 Å². The molecule has 0 radical (unpaired) electrons. The van der Waals surface area contributed by atoms with Gasteiger partial charge in [-0.15, -0.1) is 0 Å². The number of hydrogen-bond donors (Lipinski definition) is 0. The highest BCUT2D eigenvalue weighted by atomic mass is 15.1. The van der Waals surface area contributed by atoms with Crippen molar-refractivity contribution < 1.29 is 0 Å². The van der Waals surface area contributed by atoms with E-state index in [0.717, 1.165) is 11.3 Å². The van der Waals surface area contributed by atoms with Gasteiger partial charge in [-0.3, -0.25) is 4.98 Å². The van der Waals surface area contributed by atoms with Crippen LogP contribution in [0.5, 0.6) is 0 Å². The van der Waals surface area contributed by atoms with Crippen molar-refractivity contribution in [3.63, 3.8) is 0 Å². The maximum Gasteiger partial charge on any atom is 0.0708 e. The standard InChI is InChI=1S/C19H18N2/c1-21(2)16-9-7-8-15(14-16)17-10-3-4-11-18(17)19-12-5-6-13-20-19/h3-14H,1-2H3. The molecule has 0 spiro atoms. The Balaban J connectivity index is 2.14. The van der Waals surface area contributed by atoms with E-state index in [-0.39, 0.29) is 0 Å². The van der Waals surface area contributed by atoms with Gasteiger partial charge in [0.25, 0.3) is 0 Å². The molecular formula is C19H18N2. The Hall–Kier alpha value is -2.61. The lowest BCUT2D eigenvalue weighted by Crippen LogP contribution is -2.08. The molecule has 1 aromatic heterocycles. The van der Waals surface area contributed by atoms with Gasteiger partial charge in [-0.2, -0.15) is 0 Å². The summed E-state index contributed by atoms with van der Waals surface area (Å²) in [7, 11) is 4.12. The fraction of sp³-hybridized carbons (Fsp3) is 0.105.